The zero-order valence-electron chi connectivity index (χ0n) is 12.7. The molecule has 0 aromatic heterocycles. The van der Waals surface area contributed by atoms with Crippen LogP contribution in [-0.4, -0.2) is 20.4 Å². The van der Waals surface area contributed by atoms with E-state index in [-0.39, 0.29) is 26.5 Å². The second kappa shape index (κ2) is 7.13. The van der Waals surface area contributed by atoms with Gasteiger partial charge in [-0.3, -0.25) is 4.79 Å². The average molecular weight is 420 g/mol. The largest absolute Gasteiger partial charge is 0.321 e. The minimum absolute atomic E-state index is 0.0119. The number of anilines is 1. The van der Waals surface area contributed by atoms with Crippen LogP contribution in [0.25, 0.3) is 0 Å². The number of carbonyl (C=O) groups is 1. The quantitative estimate of drug-likeness (QED) is 0.757. The summed E-state index contributed by atoms with van der Waals surface area (Å²) >= 11 is 18.1. The molecule has 0 spiro atoms. The van der Waals surface area contributed by atoms with Crippen LogP contribution < -0.4 is 10.0 Å². The molecule has 0 atom stereocenters. The highest BCUT2D eigenvalue weighted by Gasteiger charge is 2.30. The predicted molar refractivity (Wildman–Crippen MR) is 99.2 cm³/mol. The van der Waals surface area contributed by atoms with Gasteiger partial charge in [0.05, 0.1) is 26.3 Å². The second-order valence-corrected chi connectivity index (χ2v) is 8.50. The minimum Gasteiger partial charge on any atom is -0.321 e. The first kappa shape index (κ1) is 18.5. The van der Waals surface area contributed by atoms with Crippen LogP contribution in [0, 0.1) is 0 Å². The third-order valence-corrected chi connectivity index (χ3v) is 6.20. The van der Waals surface area contributed by atoms with Gasteiger partial charge in [-0.1, -0.05) is 46.9 Å². The smallest absolute Gasteiger partial charge is 0.257 e. The highest BCUT2D eigenvalue weighted by atomic mass is 35.5. The van der Waals surface area contributed by atoms with E-state index < -0.39 is 15.9 Å². The summed E-state index contributed by atoms with van der Waals surface area (Å²) in [5, 5.41) is 2.95. The van der Waals surface area contributed by atoms with E-state index in [1.807, 2.05) is 0 Å². The first-order chi connectivity index (χ1) is 11.8. The summed E-state index contributed by atoms with van der Waals surface area (Å²) in [5.74, 6) is -0.586. The number of amides is 1. The molecule has 1 aliphatic carbocycles. The zero-order chi connectivity index (χ0) is 18.2. The number of sulfonamides is 1. The van der Waals surface area contributed by atoms with Crippen molar-refractivity contribution in [1.82, 2.24) is 4.72 Å². The number of carbonyl (C=O) groups excluding carboxylic acids is 1. The number of hydrogen-bond donors (Lipinski definition) is 2. The van der Waals surface area contributed by atoms with E-state index >= 15 is 0 Å². The van der Waals surface area contributed by atoms with Gasteiger partial charge in [0.25, 0.3) is 5.91 Å². The van der Waals surface area contributed by atoms with Crippen molar-refractivity contribution in [3.05, 3.63) is 57.0 Å². The van der Waals surface area contributed by atoms with E-state index in [0.29, 0.717) is 10.7 Å². The van der Waals surface area contributed by atoms with Crippen molar-refractivity contribution in [2.45, 2.75) is 23.8 Å². The van der Waals surface area contributed by atoms with Crippen molar-refractivity contribution < 1.29 is 13.2 Å². The van der Waals surface area contributed by atoms with Crippen LogP contribution in [0.3, 0.4) is 0 Å². The molecule has 0 radical (unpaired) electrons. The first-order valence-electron chi connectivity index (χ1n) is 7.35. The molecule has 0 saturated heterocycles. The molecule has 2 N–H and O–H groups in total. The van der Waals surface area contributed by atoms with Crippen molar-refractivity contribution in [3.63, 3.8) is 0 Å². The molecule has 2 aromatic carbocycles. The Morgan fingerprint density at radius 1 is 1.00 bits per heavy atom. The Kier molecular flexibility index (Phi) is 5.27. The molecule has 1 aliphatic rings. The van der Waals surface area contributed by atoms with Gasteiger partial charge in [0.15, 0.2) is 0 Å². The monoisotopic (exact) mass is 418 g/mol. The van der Waals surface area contributed by atoms with Crippen molar-refractivity contribution >= 4 is 56.4 Å². The van der Waals surface area contributed by atoms with Crippen LogP contribution in [0.5, 0.6) is 0 Å². The molecule has 3 rings (SSSR count). The maximum Gasteiger partial charge on any atom is 0.257 e. The lowest BCUT2D eigenvalue weighted by Crippen LogP contribution is -2.26. The molecule has 2 aromatic rings. The van der Waals surface area contributed by atoms with E-state index in [4.69, 9.17) is 34.8 Å². The summed E-state index contributed by atoms with van der Waals surface area (Å²) in [6.07, 6.45) is 1.56. The van der Waals surface area contributed by atoms with Crippen molar-refractivity contribution in [2.75, 3.05) is 5.32 Å². The van der Waals surface area contributed by atoms with Gasteiger partial charge in [0.2, 0.25) is 10.0 Å². The van der Waals surface area contributed by atoms with Gasteiger partial charge in [0, 0.05) is 6.04 Å². The van der Waals surface area contributed by atoms with Crippen LogP contribution in [0.15, 0.2) is 41.3 Å². The summed E-state index contributed by atoms with van der Waals surface area (Å²) in [6, 6.07) is 9.00. The van der Waals surface area contributed by atoms with Crippen LogP contribution in [0.4, 0.5) is 5.69 Å². The summed E-state index contributed by atoms with van der Waals surface area (Å²) in [6.45, 7) is 0. The Balaban J connectivity index is 1.94. The molecule has 0 heterocycles. The molecule has 0 aliphatic heterocycles. The van der Waals surface area contributed by atoms with Crippen LogP contribution in [0.1, 0.15) is 23.2 Å². The summed E-state index contributed by atoms with van der Waals surface area (Å²) in [5.41, 5.74) is 0.378. The lowest BCUT2D eigenvalue weighted by Gasteiger charge is -2.12. The van der Waals surface area contributed by atoms with Gasteiger partial charge in [0.1, 0.15) is 4.90 Å². The number of hydrogen-bond acceptors (Lipinski definition) is 3. The van der Waals surface area contributed by atoms with Crippen molar-refractivity contribution in [2.24, 2.45) is 0 Å². The summed E-state index contributed by atoms with van der Waals surface area (Å²) < 4.78 is 27.3. The summed E-state index contributed by atoms with van der Waals surface area (Å²) in [7, 11) is -3.83. The second-order valence-electron chi connectivity index (χ2n) is 5.59. The Hall–Kier alpha value is -1.31. The van der Waals surface area contributed by atoms with Crippen LogP contribution in [0.2, 0.25) is 15.1 Å². The SMILES string of the molecule is O=C(Nc1ccccc1Cl)c1cc(S(=O)(=O)NC2CC2)c(Cl)cc1Cl. The van der Waals surface area contributed by atoms with E-state index in [2.05, 4.69) is 10.0 Å². The first-order valence-corrected chi connectivity index (χ1v) is 9.97. The molecule has 0 unspecified atom stereocenters. The molecule has 132 valence electrons. The molecule has 25 heavy (non-hydrogen) atoms. The molecule has 1 saturated carbocycles. The van der Waals surface area contributed by atoms with Gasteiger partial charge < -0.3 is 5.32 Å². The number of para-hydroxylation sites is 1. The standard InChI is InChI=1S/C16H13Cl3N2O3S/c17-11-3-1-2-4-14(11)20-16(22)10-7-15(13(19)8-12(10)18)25(23,24)21-9-5-6-9/h1-4,7-9,21H,5-6H2,(H,20,22). The van der Waals surface area contributed by atoms with Crippen molar-refractivity contribution in [3.8, 4) is 0 Å². The van der Waals surface area contributed by atoms with Gasteiger partial charge in [-0.05, 0) is 37.1 Å². The average Bonchev–Trinajstić information content (AvgIpc) is 3.32. The highest BCUT2D eigenvalue weighted by molar-refractivity contribution is 7.89. The molecule has 1 amide bonds. The topological polar surface area (TPSA) is 75.3 Å². The molecule has 5 nitrogen and oxygen atoms in total. The van der Waals surface area contributed by atoms with Crippen LogP contribution in [-0.2, 0) is 10.0 Å². The molecule has 0 bridgehead atoms. The highest BCUT2D eigenvalue weighted by Crippen LogP contribution is 2.31. The fourth-order valence-corrected chi connectivity index (χ4v) is 4.49. The lowest BCUT2D eigenvalue weighted by molar-refractivity contribution is 0.102. The maximum absolute atomic E-state index is 12.5. The van der Waals surface area contributed by atoms with Gasteiger partial charge in [-0.2, -0.15) is 0 Å². The van der Waals surface area contributed by atoms with Crippen LogP contribution >= 0.6 is 34.8 Å². The van der Waals surface area contributed by atoms with Gasteiger partial charge >= 0.3 is 0 Å². The normalized spacial score (nSPS) is 14.4. The number of halogens is 3. The Labute approximate surface area is 160 Å². The molecular weight excluding hydrogens is 407 g/mol. The number of benzene rings is 2. The van der Waals surface area contributed by atoms with E-state index in [1.54, 1.807) is 24.3 Å². The Morgan fingerprint density at radius 2 is 1.68 bits per heavy atom. The molecule has 1 fully saturated rings. The van der Waals surface area contributed by atoms with Gasteiger partial charge in [-0.25, -0.2) is 13.1 Å². The fourth-order valence-electron chi connectivity index (χ4n) is 2.15. The lowest BCUT2D eigenvalue weighted by atomic mass is 10.2. The zero-order valence-corrected chi connectivity index (χ0v) is 15.8. The minimum atomic E-state index is -3.83. The Morgan fingerprint density at radius 3 is 2.32 bits per heavy atom. The summed E-state index contributed by atoms with van der Waals surface area (Å²) in [4.78, 5) is 12.3. The van der Waals surface area contributed by atoms with E-state index in [9.17, 15) is 13.2 Å². The van der Waals surface area contributed by atoms with E-state index in [1.165, 1.54) is 12.1 Å². The third-order valence-electron chi connectivity index (χ3n) is 3.58. The molecule has 9 heteroatoms. The number of rotatable bonds is 5. The van der Waals surface area contributed by atoms with Gasteiger partial charge in [-0.15, -0.1) is 0 Å². The fraction of sp³-hybridized carbons (Fsp3) is 0.188. The maximum atomic E-state index is 12.5. The van der Waals surface area contributed by atoms with E-state index in [0.717, 1.165) is 12.8 Å². The third kappa shape index (κ3) is 4.27. The number of nitrogens with one attached hydrogen (secondary N) is 2. The molecular formula is C16H13Cl3N2O3S. The predicted octanol–water partition coefficient (Wildman–Crippen LogP) is 4.34. The Bertz CT molecular complexity index is 944. The van der Waals surface area contributed by atoms with Crippen molar-refractivity contribution in [1.29, 1.82) is 0 Å².